The van der Waals surface area contributed by atoms with Crippen LogP contribution in [0, 0.1) is 0 Å². The van der Waals surface area contributed by atoms with E-state index in [2.05, 4.69) is 44.6 Å². The van der Waals surface area contributed by atoms with E-state index in [0.717, 1.165) is 0 Å². The van der Waals surface area contributed by atoms with E-state index < -0.39 is 0 Å². The second-order valence-corrected chi connectivity index (χ2v) is 9.64. The van der Waals surface area contributed by atoms with Crippen LogP contribution < -0.4 is 0 Å². The first-order valence-electron chi connectivity index (χ1n) is 11.9. The van der Waals surface area contributed by atoms with Crippen molar-refractivity contribution in [2.75, 3.05) is 33.9 Å². The molecule has 0 N–H and O–H groups in total. The van der Waals surface area contributed by atoms with Crippen LogP contribution in [0.1, 0.15) is 116 Å². The zero-order chi connectivity index (χ0) is 20.2. The first kappa shape index (κ1) is 26.8. The molecule has 0 radical (unpaired) electrons. The lowest BCUT2D eigenvalue weighted by atomic mass is 10.0. The minimum absolute atomic E-state index is 1.25. The van der Waals surface area contributed by atoms with Crippen molar-refractivity contribution in [3.63, 3.8) is 0 Å². The number of unbranched alkanes of at least 4 members (excludes halogenated alkanes) is 16. The maximum absolute atomic E-state index is 2.30. The van der Waals surface area contributed by atoms with E-state index in [1.807, 2.05) is 11.8 Å². The Morgan fingerprint density at radius 1 is 0.593 bits per heavy atom. The van der Waals surface area contributed by atoms with Gasteiger partial charge >= 0.3 is 5.17 Å². The van der Waals surface area contributed by atoms with Crippen molar-refractivity contribution in [1.29, 1.82) is 0 Å². The molecule has 162 valence electrons. The van der Waals surface area contributed by atoms with Crippen LogP contribution in [0.5, 0.6) is 0 Å². The Morgan fingerprint density at radius 3 is 1.22 bits per heavy atom. The molecule has 0 rings (SSSR count). The van der Waals surface area contributed by atoms with Gasteiger partial charge in [-0.15, -0.1) is 0 Å². The Balaban J connectivity index is 3.20. The highest BCUT2D eigenvalue weighted by atomic mass is 32.2. The van der Waals surface area contributed by atoms with Gasteiger partial charge in [0.05, 0.1) is 28.2 Å². The third-order valence-corrected chi connectivity index (χ3v) is 6.73. The van der Waals surface area contributed by atoms with Gasteiger partial charge in [-0.05, 0) is 18.2 Å². The summed E-state index contributed by atoms with van der Waals surface area (Å²) in [4.78, 5) is 2.22. The Morgan fingerprint density at radius 2 is 0.926 bits per heavy atom. The molecule has 0 aliphatic heterocycles. The summed E-state index contributed by atoms with van der Waals surface area (Å²) in [5.41, 5.74) is 0. The summed E-state index contributed by atoms with van der Waals surface area (Å²) in [6, 6.07) is 0. The van der Waals surface area contributed by atoms with Crippen LogP contribution in [0.3, 0.4) is 0 Å². The normalized spacial score (nSPS) is 11.0. The van der Waals surface area contributed by atoms with Crippen molar-refractivity contribution in [2.24, 2.45) is 0 Å². The summed E-state index contributed by atoms with van der Waals surface area (Å²) in [5.74, 6) is 1.25. The standard InChI is InChI=1S/C24H51N2S/c1-6-7-8-9-10-11-12-13-14-15-16-17-18-19-20-21-22-23-27-24(25(2)3)26(4)5/h6-23H2,1-5H3/q+1. The third-order valence-electron chi connectivity index (χ3n) is 5.24. The van der Waals surface area contributed by atoms with Crippen molar-refractivity contribution in [3.05, 3.63) is 0 Å². The van der Waals surface area contributed by atoms with Crippen LogP contribution in [-0.4, -0.2) is 48.6 Å². The molecule has 0 atom stereocenters. The maximum Gasteiger partial charge on any atom is 0.307 e. The predicted octanol–water partition coefficient (Wildman–Crippen LogP) is 7.56. The molecule has 0 aromatic carbocycles. The molecule has 3 heteroatoms. The first-order valence-corrected chi connectivity index (χ1v) is 12.9. The van der Waals surface area contributed by atoms with Gasteiger partial charge in [-0.1, -0.05) is 110 Å². The summed E-state index contributed by atoms with van der Waals surface area (Å²) in [5, 5.41) is 1.37. The molecular formula is C24H51N2S+. The zero-order valence-corrected chi connectivity index (χ0v) is 20.3. The van der Waals surface area contributed by atoms with Gasteiger partial charge in [-0.2, -0.15) is 0 Å². The fourth-order valence-corrected chi connectivity index (χ4v) is 4.70. The minimum Gasteiger partial charge on any atom is -0.262 e. The van der Waals surface area contributed by atoms with E-state index in [-0.39, 0.29) is 0 Å². The van der Waals surface area contributed by atoms with Crippen LogP contribution in [0.2, 0.25) is 0 Å². The molecule has 0 fully saturated rings. The van der Waals surface area contributed by atoms with Crippen molar-refractivity contribution < 1.29 is 4.58 Å². The topological polar surface area (TPSA) is 6.25 Å². The Labute approximate surface area is 176 Å². The van der Waals surface area contributed by atoms with Crippen LogP contribution in [0.15, 0.2) is 0 Å². The molecule has 0 aromatic rings. The highest BCUT2D eigenvalue weighted by molar-refractivity contribution is 8.13. The Bertz CT molecular complexity index is 335. The number of thioether (sulfide) groups is 1. The third kappa shape index (κ3) is 18.9. The van der Waals surface area contributed by atoms with Crippen molar-refractivity contribution >= 4 is 16.9 Å². The van der Waals surface area contributed by atoms with Gasteiger partial charge in [0.2, 0.25) is 0 Å². The van der Waals surface area contributed by atoms with Crippen LogP contribution in [-0.2, 0) is 0 Å². The molecular weight excluding hydrogens is 348 g/mol. The van der Waals surface area contributed by atoms with Gasteiger partial charge in [-0.3, -0.25) is 9.48 Å². The van der Waals surface area contributed by atoms with E-state index in [4.69, 9.17) is 0 Å². The summed E-state index contributed by atoms with van der Waals surface area (Å²) in [7, 11) is 8.54. The molecule has 0 unspecified atom stereocenters. The van der Waals surface area contributed by atoms with E-state index in [0.29, 0.717) is 0 Å². The molecule has 27 heavy (non-hydrogen) atoms. The predicted molar refractivity (Wildman–Crippen MR) is 127 cm³/mol. The number of amidine groups is 1. The average molecular weight is 400 g/mol. The van der Waals surface area contributed by atoms with Gasteiger partial charge in [0.1, 0.15) is 0 Å². The fourth-order valence-electron chi connectivity index (χ4n) is 3.65. The second kappa shape index (κ2) is 20.6. The first-order chi connectivity index (χ1) is 13.1. The molecule has 2 nitrogen and oxygen atoms in total. The van der Waals surface area contributed by atoms with Crippen molar-refractivity contribution in [1.82, 2.24) is 4.90 Å². The summed E-state index contributed by atoms with van der Waals surface area (Å²) < 4.78 is 2.22. The molecule has 0 saturated heterocycles. The van der Waals surface area contributed by atoms with Crippen molar-refractivity contribution in [2.45, 2.75) is 116 Å². The number of rotatable bonds is 18. The van der Waals surface area contributed by atoms with Gasteiger partial charge in [0.15, 0.2) is 0 Å². The van der Waals surface area contributed by atoms with Crippen LogP contribution in [0.25, 0.3) is 0 Å². The zero-order valence-electron chi connectivity index (χ0n) is 19.5. The number of nitrogens with zero attached hydrogens (tertiary/aromatic N) is 2. The number of hydrogen-bond donors (Lipinski definition) is 0. The van der Waals surface area contributed by atoms with E-state index in [1.165, 1.54) is 120 Å². The van der Waals surface area contributed by atoms with E-state index >= 15 is 0 Å². The second-order valence-electron chi connectivity index (χ2n) is 8.58. The molecule has 0 heterocycles. The smallest absolute Gasteiger partial charge is 0.262 e. The lowest BCUT2D eigenvalue weighted by molar-refractivity contribution is -0.466. The Hall–Kier alpha value is -0.180. The maximum atomic E-state index is 2.30. The summed E-state index contributed by atoms with van der Waals surface area (Å²) in [6.07, 6.45) is 24.6. The highest BCUT2D eigenvalue weighted by Crippen LogP contribution is 2.15. The number of hydrogen-bond acceptors (Lipinski definition) is 1. The summed E-state index contributed by atoms with van der Waals surface area (Å²) in [6.45, 7) is 2.30. The molecule has 0 saturated carbocycles. The quantitative estimate of drug-likeness (QED) is 0.101. The largest absolute Gasteiger partial charge is 0.307 e. The van der Waals surface area contributed by atoms with E-state index in [9.17, 15) is 0 Å². The fraction of sp³-hybridized carbons (Fsp3) is 0.958. The molecule has 0 aromatic heterocycles. The van der Waals surface area contributed by atoms with Gasteiger partial charge in [0, 0.05) is 5.75 Å². The van der Waals surface area contributed by atoms with Gasteiger partial charge in [-0.25, -0.2) is 0 Å². The Kier molecular flexibility index (Phi) is 20.4. The molecule has 0 bridgehead atoms. The lowest BCUT2D eigenvalue weighted by Gasteiger charge is -2.10. The average Bonchev–Trinajstić information content (AvgIpc) is 2.63. The molecule has 0 spiro atoms. The monoisotopic (exact) mass is 399 g/mol. The molecule has 0 aliphatic carbocycles. The van der Waals surface area contributed by atoms with Crippen LogP contribution in [0.4, 0.5) is 0 Å². The van der Waals surface area contributed by atoms with Crippen molar-refractivity contribution in [3.8, 4) is 0 Å². The van der Waals surface area contributed by atoms with Crippen LogP contribution >= 0.6 is 11.8 Å². The molecule has 0 aliphatic rings. The van der Waals surface area contributed by atoms with Gasteiger partial charge < -0.3 is 0 Å². The van der Waals surface area contributed by atoms with E-state index in [1.54, 1.807) is 0 Å². The lowest BCUT2D eigenvalue weighted by Crippen LogP contribution is -2.26. The highest BCUT2D eigenvalue weighted by Gasteiger charge is 2.11. The SMILES string of the molecule is CCCCCCCCCCCCCCCCCCCSC(N(C)C)=[N+](C)C. The minimum atomic E-state index is 1.25. The summed E-state index contributed by atoms with van der Waals surface area (Å²) >= 11 is 1.99. The molecule has 0 amide bonds. The van der Waals surface area contributed by atoms with Gasteiger partial charge in [0.25, 0.3) is 0 Å².